The number of hydrogen-bond acceptors (Lipinski definition) is 4. The third-order valence-corrected chi connectivity index (χ3v) is 6.51. The zero-order valence-electron chi connectivity index (χ0n) is 13.5. The quantitative estimate of drug-likeness (QED) is 0.759. The molecule has 2 fully saturated rings. The van der Waals surface area contributed by atoms with Crippen molar-refractivity contribution in [2.24, 2.45) is 5.92 Å². The lowest BCUT2D eigenvalue weighted by atomic mass is 9.99. The van der Waals surface area contributed by atoms with E-state index in [2.05, 4.69) is 6.92 Å². The molecule has 1 unspecified atom stereocenters. The molecule has 0 aromatic rings. The van der Waals surface area contributed by atoms with Gasteiger partial charge in [0.05, 0.1) is 11.5 Å². The molecule has 2 amide bonds. The summed E-state index contributed by atoms with van der Waals surface area (Å²) in [5, 5.41) is 0. The fraction of sp³-hybridized carbons (Fsp3) is 0.867. The van der Waals surface area contributed by atoms with Crippen LogP contribution in [0.25, 0.3) is 0 Å². The van der Waals surface area contributed by atoms with E-state index in [0.29, 0.717) is 18.9 Å². The predicted octanol–water partition coefficient (Wildman–Crippen LogP) is 0.671. The second-order valence-electron chi connectivity index (χ2n) is 6.58. The zero-order valence-corrected chi connectivity index (χ0v) is 14.3. The molecule has 1 atom stereocenters. The van der Waals surface area contributed by atoms with Crippen molar-refractivity contribution in [2.45, 2.75) is 45.6 Å². The van der Waals surface area contributed by atoms with Crippen LogP contribution in [0.1, 0.15) is 39.5 Å². The molecule has 0 saturated carbocycles. The number of hydrogen-bond donors (Lipinski definition) is 0. The van der Waals surface area contributed by atoms with E-state index in [1.54, 1.807) is 4.90 Å². The molecule has 0 aromatic heterocycles. The first kappa shape index (κ1) is 17.2. The van der Waals surface area contributed by atoms with Crippen molar-refractivity contribution in [2.75, 3.05) is 31.1 Å². The van der Waals surface area contributed by atoms with Crippen molar-refractivity contribution < 1.29 is 18.0 Å². The Bertz CT molecular complexity index is 524. The zero-order chi connectivity index (χ0) is 16.3. The minimum Gasteiger partial charge on any atom is -0.343 e. The van der Waals surface area contributed by atoms with E-state index in [0.717, 1.165) is 25.9 Å². The fourth-order valence-corrected chi connectivity index (χ4v) is 4.98. The van der Waals surface area contributed by atoms with E-state index in [9.17, 15) is 18.0 Å². The molecule has 7 heteroatoms. The summed E-state index contributed by atoms with van der Waals surface area (Å²) >= 11 is 0. The summed E-state index contributed by atoms with van der Waals surface area (Å²) < 4.78 is 23.1. The van der Waals surface area contributed by atoms with Gasteiger partial charge in [-0.05, 0) is 25.2 Å². The molecule has 2 rings (SSSR count). The summed E-state index contributed by atoms with van der Waals surface area (Å²) in [5.74, 6) is 0.754. The number of likely N-dealkylation sites (tertiary alicyclic amines) is 1. The Hall–Kier alpha value is -1.11. The minimum absolute atomic E-state index is 0.0298. The van der Waals surface area contributed by atoms with Crippen LogP contribution in [0.15, 0.2) is 0 Å². The minimum atomic E-state index is -3.03. The summed E-state index contributed by atoms with van der Waals surface area (Å²) in [6, 6.07) is -0.267. The SMILES string of the molecule is CC(=O)N(CCC(=O)N1CCC(C)CC1)C1CCS(=O)(=O)C1. The molecule has 2 aliphatic rings. The van der Waals surface area contributed by atoms with E-state index in [1.165, 1.54) is 6.92 Å². The van der Waals surface area contributed by atoms with Gasteiger partial charge in [0.2, 0.25) is 11.8 Å². The Morgan fingerprint density at radius 1 is 1.18 bits per heavy atom. The molecule has 0 N–H and O–H groups in total. The van der Waals surface area contributed by atoms with Gasteiger partial charge >= 0.3 is 0 Å². The number of carbonyl (C=O) groups is 2. The lowest BCUT2D eigenvalue weighted by Gasteiger charge is -2.32. The molecule has 6 nitrogen and oxygen atoms in total. The van der Waals surface area contributed by atoms with Gasteiger partial charge < -0.3 is 9.80 Å². The summed E-state index contributed by atoms with van der Waals surface area (Å²) in [4.78, 5) is 27.5. The van der Waals surface area contributed by atoms with Crippen LogP contribution in [-0.4, -0.2) is 67.2 Å². The first-order valence-corrected chi connectivity index (χ1v) is 9.86. The van der Waals surface area contributed by atoms with Gasteiger partial charge in [-0.2, -0.15) is 0 Å². The largest absolute Gasteiger partial charge is 0.343 e. The number of nitrogens with zero attached hydrogens (tertiary/aromatic N) is 2. The molecule has 126 valence electrons. The normalized spacial score (nSPS) is 25.2. The Morgan fingerprint density at radius 2 is 1.82 bits per heavy atom. The lowest BCUT2D eigenvalue weighted by molar-refractivity contribution is -0.135. The molecule has 0 spiro atoms. The van der Waals surface area contributed by atoms with E-state index in [4.69, 9.17) is 0 Å². The molecule has 22 heavy (non-hydrogen) atoms. The van der Waals surface area contributed by atoms with Crippen LogP contribution in [0, 0.1) is 5.92 Å². The van der Waals surface area contributed by atoms with Crippen LogP contribution in [0.2, 0.25) is 0 Å². The Morgan fingerprint density at radius 3 is 2.32 bits per heavy atom. The van der Waals surface area contributed by atoms with Crippen molar-refractivity contribution >= 4 is 21.7 Å². The van der Waals surface area contributed by atoms with Crippen molar-refractivity contribution in [3.63, 3.8) is 0 Å². The van der Waals surface area contributed by atoms with Crippen LogP contribution >= 0.6 is 0 Å². The molecule has 0 bridgehead atoms. The number of amides is 2. The van der Waals surface area contributed by atoms with Crippen molar-refractivity contribution in [3.8, 4) is 0 Å². The summed E-state index contributed by atoms with van der Waals surface area (Å²) in [6.45, 7) is 5.54. The highest BCUT2D eigenvalue weighted by molar-refractivity contribution is 7.91. The second-order valence-corrected chi connectivity index (χ2v) is 8.81. The van der Waals surface area contributed by atoms with Gasteiger partial charge in [-0.15, -0.1) is 0 Å². The molecule has 2 aliphatic heterocycles. The predicted molar refractivity (Wildman–Crippen MR) is 84.0 cm³/mol. The molecular weight excluding hydrogens is 304 g/mol. The Balaban J connectivity index is 1.87. The van der Waals surface area contributed by atoms with E-state index in [-0.39, 0.29) is 35.8 Å². The smallest absolute Gasteiger partial charge is 0.224 e. The van der Waals surface area contributed by atoms with Crippen LogP contribution in [0.3, 0.4) is 0 Å². The van der Waals surface area contributed by atoms with Gasteiger partial charge in [-0.3, -0.25) is 9.59 Å². The lowest BCUT2D eigenvalue weighted by Crippen LogP contribution is -2.43. The van der Waals surface area contributed by atoms with Crippen molar-refractivity contribution in [3.05, 3.63) is 0 Å². The van der Waals surface area contributed by atoms with E-state index >= 15 is 0 Å². The third-order valence-electron chi connectivity index (χ3n) is 4.76. The highest BCUT2D eigenvalue weighted by atomic mass is 32.2. The number of piperidine rings is 1. The Labute approximate surface area is 132 Å². The first-order valence-electron chi connectivity index (χ1n) is 8.04. The highest BCUT2D eigenvalue weighted by Gasteiger charge is 2.33. The maximum atomic E-state index is 12.2. The summed E-state index contributed by atoms with van der Waals surface area (Å²) in [6.07, 6.45) is 2.83. The molecule has 0 aliphatic carbocycles. The van der Waals surface area contributed by atoms with Crippen molar-refractivity contribution in [1.82, 2.24) is 9.80 Å². The van der Waals surface area contributed by atoms with Crippen LogP contribution < -0.4 is 0 Å². The standard InChI is InChI=1S/C15H26N2O4S/c1-12-3-7-16(8-4-12)15(19)5-9-17(13(2)18)14-6-10-22(20,21)11-14/h12,14H,3-11H2,1-2H3. The molecular formula is C15H26N2O4S. The Kier molecular flexibility index (Phi) is 5.47. The highest BCUT2D eigenvalue weighted by Crippen LogP contribution is 2.20. The topological polar surface area (TPSA) is 74.8 Å². The van der Waals surface area contributed by atoms with Crippen molar-refractivity contribution in [1.29, 1.82) is 0 Å². The average molecular weight is 330 g/mol. The maximum absolute atomic E-state index is 12.2. The number of rotatable bonds is 4. The van der Waals surface area contributed by atoms with Gasteiger partial charge in [-0.25, -0.2) is 8.42 Å². The molecule has 0 radical (unpaired) electrons. The number of sulfone groups is 1. The second kappa shape index (κ2) is 6.98. The van der Waals surface area contributed by atoms with Gasteiger partial charge in [0.1, 0.15) is 0 Å². The third kappa shape index (κ3) is 4.44. The molecule has 0 aromatic carbocycles. The summed E-state index contributed by atoms with van der Waals surface area (Å²) in [5.41, 5.74) is 0. The van der Waals surface area contributed by atoms with Crippen LogP contribution in [0.4, 0.5) is 0 Å². The molecule has 2 saturated heterocycles. The fourth-order valence-electron chi connectivity index (χ4n) is 3.25. The van der Waals surface area contributed by atoms with E-state index in [1.807, 2.05) is 4.90 Å². The summed E-state index contributed by atoms with van der Waals surface area (Å²) in [7, 11) is -3.03. The van der Waals surface area contributed by atoms with Gasteiger partial charge in [-0.1, -0.05) is 6.92 Å². The molecule has 2 heterocycles. The van der Waals surface area contributed by atoms with Crippen LogP contribution in [0.5, 0.6) is 0 Å². The van der Waals surface area contributed by atoms with Gasteiger partial charge in [0.15, 0.2) is 9.84 Å². The average Bonchev–Trinajstić information content (AvgIpc) is 2.79. The van der Waals surface area contributed by atoms with E-state index < -0.39 is 9.84 Å². The maximum Gasteiger partial charge on any atom is 0.224 e. The monoisotopic (exact) mass is 330 g/mol. The first-order chi connectivity index (χ1) is 10.3. The van der Waals surface area contributed by atoms with Crippen LogP contribution in [-0.2, 0) is 19.4 Å². The van der Waals surface area contributed by atoms with Gasteiger partial charge in [0, 0.05) is 39.0 Å². The van der Waals surface area contributed by atoms with Gasteiger partial charge in [0.25, 0.3) is 0 Å². The number of carbonyl (C=O) groups excluding carboxylic acids is 2.